The smallest absolute Gasteiger partial charge is 0.135 e. The number of pyridine rings is 2. The lowest BCUT2D eigenvalue weighted by Gasteiger charge is -2.06. The average Bonchev–Trinajstić information content (AvgIpc) is 2.89. The third-order valence-corrected chi connectivity index (χ3v) is 3.34. The number of aromatic amines is 1. The second kappa shape index (κ2) is 4.89. The van der Waals surface area contributed by atoms with E-state index >= 15 is 0 Å². The highest BCUT2D eigenvalue weighted by molar-refractivity contribution is 5.95. The molecule has 0 aliphatic heterocycles. The molecule has 3 aromatic rings. The Morgan fingerprint density at radius 2 is 2.15 bits per heavy atom. The van der Waals surface area contributed by atoms with Crippen LogP contribution in [0.5, 0.6) is 0 Å². The van der Waals surface area contributed by atoms with E-state index in [1.807, 2.05) is 37.5 Å². The highest BCUT2D eigenvalue weighted by Crippen LogP contribution is 2.28. The van der Waals surface area contributed by atoms with Crippen LogP contribution in [0.2, 0.25) is 0 Å². The molecular formula is C16H15N3O. The van der Waals surface area contributed by atoms with E-state index in [1.165, 1.54) is 0 Å². The molecule has 3 rings (SSSR count). The summed E-state index contributed by atoms with van der Waals surface area (Å²) in [6.45, 7) is 3.56. The van der Waals surface area contributed by atoms with Crippen molar-refractivity contribution in [3.8, 4) is 11.1 Å². The molecule has 20 heavy (non-hydrogen) atoms. The molecule has 0 spiro atoms. The van der Waals surface area contributed by atoms with Gasteiger partial charge in [-0.3, -0.25) is 14.8 Å². The van der Waals surface area contributed by atoms with Crippen molar-refractivity contribution in [2.24, 2.45) is 0 Å². The number of nitrogens with one attached hydrogen (secondary N) is 1. The van der Waals surface area contributed by atoms with Crippen molar-refractivity contribution in [3.05, 3.63) is 48.2 Å². The van der Waals surface area contributed by atoms with Crippen molar-refractivity contribution in [1.29, 1.82) is 0 Å². The quantitative estimate of drug-likeness (QED) is 0.791. The van der Waals surface area contributed by atoms with Crippen molar-refractivity contribution in [2.45, 2.75) is 20.3 Å². The summed E-state index contributed by atoms with van der Waals surface area (Å²) in [5, 5.41) is 1.14. The predicted octanol–water partition coefficient (Wildman–Crippen LogP) is 3.06. The first kappa shape index (κ1) is 12.5. The fourth-order valence-corrected chi connectivity index (χ4v) is 2.42. The number of hydrogen-bond donors (Lipinski definition) is 1. The second-order valence-electron chi connectivity index (χ2n) is 4.94. The minimum atomic E-state index is 0.114. The van der Waals surface area contributed by atoms with E-state index in [9.17, 15) is 4.79 Å². The maximum absolute atomic E-state index is 11.2. The molecule has 0 saturated carbocycles. The standard InChI is InChI=1S/C16H15N3O/c1-10(20)7-13-8-12(3-5-17-13)15-9-19-11(2)16-14(15)4-6-18-16/h3-6,8-9,18H,7H2,1-2H3. The fraction of sp³-hybridized carbons (Fsp3) is 0.188. The molecule has 0 amide bonds. The number of Topliss-reactive ketones (excluding diaryl/α,β-unsaturated/α-hetero) is 1. The summed E-state index contributed by atoms with van der Waals surface area (Å²) in [7, 11) is 0. The molecule has 0 atom stereocenters. The van der Waals surface area contributed by atoms with Crippen LogP contribution in [0.25, 0.3) is 22.0 Å². The van der Waals surface area contributed by atoms with Gasteiger partial charge in [-0.2, -0.15) is 0 Å². The van der Waals surface area contributed by atoms with Crippen LogP contribution in [-0.2, 0) is 11.2 Å². The molecule has 0 radical (unpaired) electrons. The van der Waals surface area contributed by atoms with Crippen molar-refractivity contribution in [3.63, 3.8) is 0 Å². The first-order valence-electron chi connectivity index (χ1n) is 6.52. The van der Waals surface area contributed by atoms with Gasteiger partial charge in [-0.25, -0.2) is 0 Å². The number of ketones is 1. The molecule has 0 aliphatic rings. The van der Waals surface area contributed by atoms with E-state index in [0.29, 0.717) is 6.42 Å². The zero-order chi connectivity index (χ0) is 14.1. The maximum atomic E-state index is 11.2. The number of fused-ring (bicyclic) bond motifs is 1. The normalized spacial score (nSPS) is 10.9. The Labute approximate surface area is 116 Å². The lowest BCUT2D eigenvalue weighted by atomic mass is 10.0. The molecule has 0 aromatic carbocycles. The van der Waals surface area contributed by atoms with Crippen molar-refractivity contribution >= 4 is 16.7 Å². The van der Waals surface area contributed by atoms with E-state index in [2.05, 4.69) is 15.0 Å². The van der Waals surface area contributed by atoms with E-state index in [-0.39, 0.29) is 5.78 Å². The number of aryl methyl sites for hydroxylation is 1. The highest BCUT2D eigenvalue weighted by Gasteiger charge is 2.09. The molecule has 0 unspecified atom stereocenters. The van der Waals surface area contributed by atoms with Crippen LogP contribution in [0.15, 0.2) is 36.8 Å². The molecular weight excluding hydrogens is 250 g/mol. The number of H-pyrrole nitrogens is 1. The van der Waals surface area contributed by atoms with Gasteiger partial charge in [0.05, 0.1) is 11.2 Å². The van der Waals surface area contributed by atoms with Gasteiger partial charge in [-0.15, -0.1) is 0 Å². The molecule has 4 heteroatoms. The van der Waals surface area contributed by atoms with Gasteiger partial charge >= 0.3 is 0 Å². The SMILES string of the molecule is CC(=O)Cc1cc(-c2cnc(C)c3[nH]ccc23)ccn1. The van der Waals surface area contributed by atoms with Gasteiger partial charge in [-0.05, 0) is 37.6 Å². The van der Waals surface area contributed by atoms with Crippen LogP contribution in [0.4, 0.5) is 0 Å². The molecule has 1 N–H and O–H groups in total. The number of aromatic nitrogens is 3. The number of carbonyl (C=O) groups is 1. The van der Waals surface area contributed by atoms with Crippen LogP contribution >= 0.6 is 0 Å². The van der Waals surface area contributed by atoms with E-state index in [1.54, 1.807) is 13.1 Å². The topological polar surface area (TPSA) is 58.6 Å². The fourth-order valence-electron chi connectivity index (χ4n) is 2.42. The average molecular weight is 265 g/mol. The number of nitrogens with zero attached hydrogens (tertiary/aromatic N) is 2. The molecule has 100 valence electrons. The van der Waals surface area contributed by atoms with Gasteiger partial charge in [0, 0.05) is 41.7 Å². The molecule has 0 fully saturated rings. The van der Waals surface area contributed by atoms with Crippen molar-refractivity contribution < 1.29 is 4.79 Å². The summed E-state index contributed by atoms with van der Waals surface area (Å²) >= 11 is 0. The van der Waals surface area contributed by atoms with Crippen molar-refractivity contribution in [1.82, 2.24) is 15.0 Å². The van der Waals surface area contributed by atoms with E-state index < -0.39 is 0 Å². The summed E-state index contributed by atoms with van der Waals surface area (Å²) in [4.78, 5) is 23.1. The lowest BCUT2D eigenvalue weighted by Crippen LogP contribution is -1.99. The molecule has 0 saturated heterocycles. The van der Waals surface area contributed by atoms with Gasteiger partial charge in [-0.1, -0.05) is 0 Å². The van der Waals surface area contributed by atoms with Crippen LogP contribution in [0.1, 0.15) is 18.3 Å². The number of hydrogen-bond acceptors (Lipinski definition) is 3. The summed E-state index contributed by atoms with van der Waals surface area (Å²) < 4.78 is 0. The van der Waals surface area contributed by atoms with Gasteiger partial charge in [0.15, 0.2) is 0 Å². The lowest BCUT2D eigenvalue weighted by molar-refractivity contribution is -0.116. The Morgan fingerprint density at radius 1 is 1.30 bits per heavy atom. The molecule has 0 aliphatic carbocycles. The number of rotatable bonds is 3. The maximum Gasteiger partial charge on any atom is 0.135 e. The Morgan fingerprint density at radius 3 is 2.95 bits per heavy atom. The van der Waals surface area contributed by atoms with Gasteiger partial charge in [0.25, 0.3) is 0 Å². The first-order chi connectivity index (χ1) is 9.65. The Balaban J connectivity index is 2.13. The largest absolute Gasteiger partial charge is 0.360 e. The molecule has 0 bridgehead atoms. The minimum absolute atomic E-state index is 0.114. The van der Waals surface area contributed by atoms with Gasteiger partial charge < -0.3 is 4.98 Å². The second-order valence-corrected chi connectivity index (χ2v) is 4.94. The summed E-state index contributed by atoms with van der Waals surface area (Å²) in [5.41, 5.74) is 4.91. The molecule has 3 heterocycles. The monoisotopic (exact) mass is 265 g/mol. The van der Waals surface area contributed by atoms with Gasteiger partial charge in [0.2, 0.25) is 0 Å². The van der Waals surface area contributed by atoms with Crippen LogP contribution in [-0.4, -0.2) is 20.7 Å². The van der Waals surface area contributed by atoms with Crippen LogP contribution in [0.3, 0.4) is 0 Å². The number of carbonyl (C=O) groups excluding carboxylic acids is 1. The Bertz CT molecular complexity index is 789. The zero-order valence-electron chi connectivity index (χ0n) is 11.5. The van der Waals surface area contributed by atoms with E-state index in [0.717, 1.165) is 33.4 Å². The summed E-state index contributed by atoms with van der Waals surface area (Å²) in [6.07, 6.45) is 5.90. The third kappa shape index (κ3) is 2.20. The van der Waals surface area contributed by atoms with Crippen molar-refractivity contribution in [2.75, 3.05) is 0 Å². The van der Waals surface area contributed by atoms with E-state index in [4.69, 9.17) is 0 Å². The highest BCUT2D eigenvalue weighted by atomic mass is 16.1. The zero-order valence-corrected chi connectivity index (χ0v) is 11.5. The third-order valence-electron chi connectivity index (χ3n) is 3.34. The minimum Gasteiger partial charge on any atom is -0.360 e. The Kier molecular flexibility index (Phi) is 3.06. The van der Waals surface area contributed by atoms with Crippen LogP contribution < -0.4 is 0 Å². The predicted molar refractivity (Wildman–Crippen MR) is 78.4 cm³/mol. The first-order valence-corrected chi connectivity index (χ1v) is 6.52. The summed E-state index contributed by atoms with van der Waals surface area (Å²) in [5.74, 6) is 0.114. The molecule has 4 nitrogen and oxygen atoms in total. The Hall–Kier alpha value is -2.49. The van der Waals surface area contributed by atoms with Crippen LogP contribution in [0, 0.1) is 6.92 Å². The van der Waals surface area contributed by atoms with Gasteiger partial charge in [0.1, 0.15) is 5.78 Å². The summed E-state index contributed by atoms with van der Waals surface area (Å²) in [6, 6.07) is 5.95. The molecule has 3 aromatic heterocycles.